The first kappa shape index (κ1) is 15.9. The molecule has 2 aromatic rings. The molecule has 0 unspecified atom stereocenters. The standard InChI is InChI=1S/C14H10FN3O5S/c15-10-6-5-9(7-13(10)18(20)21)24(22,23)17-8-14(19)16-11-3-1-2-4-12(11)17/h1-7H,8H2,(H,16,19). The van der Waals surface area contributed by atoms with Gasteiger partial charge in [-0.3, -0.25) is 19.2 Å². The number of nitrogens with zero attached hydrogens (tertiary/aromatic N) is 2. The lowest BCUT2D eigenvalue weighted by Crippen LogP contribution is -2.42. The Bertz CT molecular complexity index is 961. The van der Waals surface area contributed by atoms with Crippen LogP contribution in [-0.4, -0.2) is 25.8 Å². The Hall–Kier alpha value is -3.01. The molecule has 2 aromatic carbocycles. The first-order valence-corrected chi connectivity index (χ1v) is 8.10. The fraction of sp³-hybridized carbons (Fsp3) is 0.0714. The Labute approximate surface area is 135 Å². The van der Waals surface area contributed by atoms with Crippen LogP contribution in [0, 0.1) is 15.9 Å². The van der Waals surface area contributed by atoms with E-state index in [1.54, 1.807) is 12.1 Å². The molecular weight excluding hydrogens is 341 g/mol. The predicted octanol–water partition coefficient (Wildman–Crippen LogP) is 1.88. The van der Waals surface area contributed by atoms with E-state index in [1.807, 2.05) is 0 Å². The number of halogens is 1. The number of nitrogens with one attached hydrogen (secondary N) is 1. The number of para-hydroxylation sites is 2. The summed E-state index contributed by atoms with van der Waals surface area (Å²) in [6.07, 6.45) is 0. The van der Waals surface area contributed by atoms with Crippen LogP contribution in [0.3, 0.4) is 0 Å². The largest absolute Gasteiger partial charge is 0.323 e. The monoisotopic (exact) mass is 351 g/mol. The molecule has 0 saturated carbocycles. The zero-order valence-corrected chi connectivity index (χ0v) is 12.8. The van der Waals surface area contributed by atoms with Gasteiger partial charge in [-0.1, -0.05) is 12.1 Å². The van der Waals surface area contributed by atoms with Gasteiger partial charge in [0.1, 0.15) is 6.54 Å². The number of nitro groups is 1. The van der Waals surface area contributed by atoms with E-state index in [0.717, 1.165) is 10.4 Å². The van der Waals surface area contributed by atoms with Crippen molar-refractivity contribution in [1.29, 1.82) is 0 Å². The number of benzene rings is 2. The number of rotatable bonds is 3. The Morgan fingerprint density at radius 2 is 1.92 bits per heavy atom. The van der Waals surface area contributed by atoms with E-state index >= 15 is 0 Å². The van der Waals surface area contributed by atoms with Crippen molar-refractivity contribution in [2.75, 3.05) is 16.2 Å². The maximum atomic E-state index is 13.4. The minimum Gasteiger partial charge on any atom is -0.323 e. The van der Waals surface area contributed by atoms with Crippen LogP contribution in [0.25, 0.3) is 0 Å². The van der Waals surface area contributed by atoms with Crippen LogP contribution in [0.4, 0.5) is 21.5 Å². The highest BCUT2D eigenvalue weighted by atomic mass is 32.2. The second kappa shape index (κ2) is 5.57. The molecule has 0 fully saturated rings. The molecule has 1 aliphatic heterocycles. The molecule has 0 aliphatic carbocycles. The molecule has 8 nitrogen and oxygen atoms in total. The van der Waals surface area contributed by atoms with E-state index in [-0.39, 0.29) is 5.69 Å². The number of sulfonamides is 1. The Kier molecular flexibility index (Phi) is 3.68. The van der Waals surface area contributed by atoms with Crippen LogP contribution in [0.15, 0.2) is 47.4 Å². The lowest BCUT2D eigenvalue weighted by Gasteiger charge is -2.29. The highest BCUT2D eigenvalue weighted by molar-refractivity contribution is 7.92. The Morgan fingerprint density at radius 1 is 1.21 bits per heavy atom. The van der Waals surface area contributed by atoms with Gasteiger partial charge in [0.05, 0.1) is 21.2 Å². The highest BCUT2D eigenvalue weighted by Gasteiger charge is 2.33. The van der Waals surface area contributed by atoms with Crippen molar-refractivity contribution in [2.24, 2.45) is 0 Å². The molecular formula is C14H10FN3O5S. The molecule has 1 N–H and O–H groups in total. The van der Waals surface area contributed by atoms with Crippen LogP contribution in [-0.2, 0) is 14.8 Å². The molecule has 0 radical (unpaired) electrons. The lowest BCUT2D eigenvalue weighted by atomic mass is 10.2. The minimum absolute atomic E-state index is 0.226. The van der Waals surface area contributed by atoms with Crippen LogP contribution < -0.4 is 9.62 Å². The van der Waals surface area contributed by atoms with Crippen molar-refractivity contribution < 1.29 is 22.5 Å². The van der Waals surface area contributed by atoms with Crippen molar-refractivity contribution in [3.8, 4) is 0 Å². The van der Waals surface area contributed by atoms with Gasteiger partial charge in [0.25, 0.3) is 10.0 Å². The predicted molar refractivity (Wildman–Crippen MR) is 82.7 cm³/mol. The summed E-state index contributed by atoms with van der Waals surface area (Å²) >= 11 is 0. The summed E-state index contributed by atoms with van der Waals surface area (Å²) in [5.41, 5.74) is -0.427. The molecule has 0 aromatic heterocycles. The summed E-state index contributed by atoms with van der Waals surface area (Å²) < 4.78 is 39.8. The lowest BCUT2D eigenvalue weighted by molar-refractivity contribution is -0.387. The quantitative estimate of drug-likeness (QED) is 0.671. The second-order valence-electron chi connectivity index (χ2n) is 4.95. The van der Waals surface area contributed by atoms with Crippen molar-refractivity contribution in [3.63, 3.8) is 0 Å². The Morgan fingerprint density at radius 3 is 2.62 bits per heavy atom. The number of amides is 1. The first-order chi connectivity index (χ1) is 11.3. The van der Waals surface area contributed by atoms with Crippen LogP contribution in [0.1, 0.15) is 0 Å². The summed E-state index contributed by atoms with van der Waals surface area (Å²) in [5.74, 6) is -1.69. The van der Waals surface area contributed by atoms with Gasteiger partial charge < -0.3 is 5.32 Å². The zero-order chi connectivity index (χ0) is 17.5. The SMILES string of the molecule is O=C1CN(S(=O)(=O)c2ccc(F)c([N+](=O)[O-])c2)c2ccccc2N1. The number of carbonyl (C=O) groups excluding carboxylic acids is 1. The molecule has 3 rings (SSSR count). The first-order valence-electron chi connectivity index (χ1n) is 6.66. The third-order valence-electron chi connectivity index (χ3n) is 3.44. The van der Waals surface area contributed by atoms with E-state index < -0.39 is 43.8 Å². The molecule has 0 spiro atoms. The number of fused-ring (bicyclic) bond motifs is 1. The second-order valence-corrected chi connectivity index (χ2v) is 6.81. The summed E-state index contributed by atoms with van der Waals surface area (Å²) in [5, 5.41) is 13.4. The molecule has 1 aliphatic rings. The third-order valence-corrected chi connectivity index (χ3v) is 5.19. The van der Waals surface area contributed by atoms with Gasteiger partial charge in [0.2, 0.25) is 11.7 Å². The molecule has 1 amide bonds. The van der Waals surface area contributed by atoms with Crippen molar-refractivity contribution in [2.45, 2.75) is 4.90 Å². The van der Waals surface area contributed by atoms with E-state index in [2.05, 4.69) is 5.32 Å². The summed E-state index contributed by atoms with van der Waals surface area (Å²) in [4.78, 5) is 21.1. The molecule has 124 valence electrons. The van der Waals surface area contributed by atoms with Gasteiger partial charge in [-0.05, 0) is 24.3 Å². The normalized spacial score (nSPS) is 14.0. The number of hydrogen-bond donors (Lipinski definition) is 1. The average Bonchev–Trinajstić information content (AvgIpc) is 2.53. The third kappa shape index (κ3) is 2.56. The van der Waals surface area contributed by atoms with Crippen LogP contribution in [0.5, 0.6) is 0 Å². The van der Waals surface area contributed by atoms with E-state index in [1.165, 1.54) is 12.1 Å². The van der Waals surface area contributed by atoms with Crippen LogP contribution >= 0.6 is 0 Å². The van der Waals surface area contributed by atoms with Gasteiger partial charge in [0.15, 0.2) is 0 Å². The maximum absolute atomic E-state index is 13.4. The van der Waals surface area contributed by atoms with Gasteiger partial charge >= 0.3 is 5.69 Å². The van der Waals surface area contributed by atoms with Crippen LogP contribution in [0.2, 0.25) is 0 Å². The van der Waals surface area contributed by atoms with Crippen molar-refractivity contribution >= 4 is 33.0 Å². The summed E-state index contributed by atoms with van der Waals surface area (Å²) in [6.45, 7) is -0.482. The molecule has 0 saturated heterocycles. The summed E-state index contributed by atoms with van der Waals surface area (Å²) in [6, 6.07) is 8.50. The van der Waals surface area contributed by atoms with Crippen molar-refractivity contribution in [3.05, 3.63) is 58.4 Å². The minimum atomic E-state index is -4.28. The highest BCUT2D eigenvalue weighted by Crippen LogP contribution is 2.34. The van der Waals surface area contributed by atoms with Gasteiger partial charge in [-0.25, -0.2) is 8.42 Å². The average molecular weight is 351 g/mol. The fourth-order valence-electron chi connectivity index (χ4n) is 2.34. The van der Waals surface area contributed by atoms with E-state index in [0.29, 0.717) is 17.8 Å². The number of anilines is 2. The molecule has 0 bridgehead atoms. The fourth-order valence-corrected chi connectivity index (χ4v) is 3.80. The number of hydrogen-bond acceptors (Lipinski definition) is 5. The number of carbonyl (C=O) groups is 1. The Balaban J connectivity index is 2.14. The topological polar surface area (TPSA) is 110 Å². The maximum Gasteiger partial charge on any atom is 0.306 e. The molecule has 10 heteroatoms. The van der Waals surface area contributed by atoms with Gasteiger partial charge in [0, 0.05) is 6.07 Å². The molecule has 24 heavy (non-hydrogen) atoms. The molecule has 0 atom stereocenters. The molecule has 1 heterocycles. The van der Waals surface area contributed by atoms with E-state index in [4.69, 9.17) is 0 Å². The van der Waals surface area contributed by atoms with Crippen molar-refractivity contribution in [1.82, 2.24) is 0 Å². The van der Waals surface area contributed by atoms with Gasteiger partial charge in [-0.2, -0.15) is 4.39 Å². The van der Waals surface area contributed by atoms with E-state index in [9.17, 15) is 27.7 Å². The summed E-state index contributed by atoms with van der Waals surface area (Å²) in [7, 11) is -4.28. The smallest absolute Gasteiger partial charge is 0.306 e. The number of nitro benzene ring substituents is 1. The zero-order valence-electron chi connectivity index (χ0n) is 12.0. The van der Waals surface area contributed by atoms with Gasteiger partial charge in [-0.15, -0.1) is 0 Å².